The van der Waals surface area contributed by atoms with Crippen molar-refractivity contribution in [2.75, 3.05) is 20.8 Å². The van der Waals surface area contributed by atoms with Crippen molar-refractivity contribution in [1.29, 1.82) is 0 Å². The minimum Gasteiger partial charge on any atom is -0.496 e. The summed E-state index contributed by atoms with van der Waals surface area (Å²) in [4.78, 5) is 2.03. The van der Waals surface area contributed by atoms with Crippen LogP contribution in [0.5, 0.6) is 11.5 Å². The molecule has 1 aliphatic carbocycles. The molecule has 132 valence electrons. The Labute approximate surface area is 148 Å². The van der Waals surface area contributed by atoms with Crippen LogP contribution in [0.3, 0.4) is 0 Å². The number of nitrogens with zero attached hydrogens (tertiary/aromatic N) is 1. The minimum atomic E-state index is -0.648. The molecule has 1 saturated carbocycles. The maximum Gasteiger partial charge on any atom is 0.169 e. The largest absolute Gasteiger partial charge is 0.496 e. The summed E-state index contributed by atoms with van der Waals surface area (Å²) in [6.45, 7) is 1.08. The zero-order chi connectivity index (χ0) is 17.1. The fourth-order valence-corrected chi connectivity index (χ4v) is 4.05. The molecule has 1 heterocycles. The number of nitrogens with one attached hydrogen (secondary N) is 1. The topological polar surface area (TPSA) is 54.0 Å². The van der Waals surface area contributed by atoms with Gasteiger partial charge in [0.15, 0.2) is 5.11 Å². The summed E-state index contributed by atoms with van der Waals surface area (Å²) >= 11 is 5.61. The van der Waals surface area contributed by atoms with Gasteiger partial charge in [-0.3, -0.25) is 0 Å². The molecule has 0 unspecified atom stereocenters. The highest BCUT2D eigenvalue weighted by atomic mass is 32.1. The summed E-state index contributed by atoms with van der Waals surface area (Å²) in [5.41, 5.74) is 1.76. The number of thiocarbonyl (C=S) groups is 1. The first kappa shape index (κ1) is 17.3. The molecule has 6 heteroatoms. The van der Waals surface area contributed by atoms with Gasteiger partial charge in [0, 0.05) is 23.7 Å². The molecule has 3 rings (SSSR count). The highest BCUT2D eigenvalue weighted by Crippen LogP contribution is 2.39. The van der Waals surface area contributed by atoms with Crippen LogP contribution in [0.25, 0.3) is 0 Å². The molecule has 0 amide bonds. The van der Waals surface area contributed by atoms with Crippen molar-refractivity contribution < 1.29 is 14.6 Å². The van der Waals surface area contributed by atoms with E-state index in [0.717, 1.165) is 22.0 Å². The van der Waals surface area contributed by atoms with Crippen molar-refractivity contribution in [1.82, 2.24) is 10.2 Å². The number of aliphatic hydroxyl groups excluding tert-OH is 1. The van der Waals surface area contributed by atoms with Gasteiger partial charge in [0.25, 0.3) is 0 Å². The summed E-state index contributed by atoms with van der Waals surface area (Å²) in [7, 11) is 3.27. The minimum absolute atomic E-state index is 0.456. The van der Waals surface area contributed by atoms with Crippen LogP contribution in [-0.2, 0) is 6.54 Å². The lowest BCUT2D eigenvalue weighted by molar-refractivity contribution is 0.121. The Morgan fingerprint density at radius 2 is 1.83 bits per heavy atom. The molecule has 1 aromatic rings. The van der Waals surface area contributed by atoms with Gasteiger partial charge < -0.3 is 24.8 Å². The van der Waals surface area contributed by atoms with E-state index >= 15 is 0 Å². The summed E-state index contributed by atoms with van der Waals surface area (Å²) in [6, 6.07) is 4.18. The Balaban J connectivity index is 1.79. The molecular formula is C18H26N2O3S. The van der Waals surface area contributed by atoms with Crippen molar-refractivity contribution in [3.8, 4) is 11.5 Å². The van der Waals surface area contributed by atoms with Gasteiger partial charge in [-0.05, 0) is 37.2 Å². The standard InChI is InChI=1S/C18H26N2O3S/c1-22-15-8-9-16(23-2)17-13(15)10-20(11-14(17)21)18(24)19-12-6-4-3-5-7-12/h8-9,12,14,21H,3-7,10-11H2,1-2H3,(H,19,24)/t14-/m0/s1. The summed E-state index contributed by atoms with van der Waals surface area (Å²) in [5.74, 6) is 1.46. The van der Waals surface area contributed by atoms with Crippen LogP contribution in [0.4, 0.5) is 0 Å². The van der Waals surface area contributed by atoms with E-state index < -0.39 is 6.10 Å². The molecule has 1 atom stereocenters. The number of methoxy groups -OCH3 is 2. The Kier molecular flexibility index (Phi) is 5.46. The van der Waals surface area contributed by atoms with E-state index in [2.05, 4.69) is 5.32 Å². The van der Waals surface area contributed by atoms with Crippen molar-refractivity contribution in [3.63, 3.8) is 0 Å². The zero-order valence-corrected chi connectivity index (χ0v) is 15.2. The van der Waals surface area contributed by atoms with Gasteiger partial charge in [-0.15, -0.1) is 0 Å². The summed E-state index contributed by atoms with van der Waals surface area (Å²) < 4.78 is 10.9. The van der Waals surface area contributed by atoms with Gasteiger partial charge in [-0.1, -0.05) is 19.3 Å². The van der Waals surface area contributed by atoms with Gasteiger partial charge in [-0.2, -0.15) is 0 Å². The lowest BCUT2D eigenvalue weighted by Gasteiger charge is -2.37. The lowest BCUT2D eigenvalue weighted by atomic mass is 9.94. The highest BCUT2D eigenvalue weighted by molar-refractivity contribution is 7.80. The van der Waals surface area contributed by atoms with E-state index in [0.29, 0.717) is 24.9 Å². The highest BCUT2D eigenvalue weighted by Gasteiger charge is 2.31. The molecule has 0 saturated heterocycles. The molecule has 1 fully saturated rings. The predicted molar refractivity (Wildman–Crippen MR) is 97.5 cm³/mol. The number of fused-ring (bicyclic) bond motifs is 1. The molecule has 0 aromatic heterocycles. The first-order valence-corrected chi connectivity index (χ1v) is 9.02. The second-order valence-electron chi connectivity index (χ2n) is 6.54. The fraction of sp³-hybridized carbons (Fsp3) is 0.611. The molecule has 0 bridgehead atoms. The molecule has 24 heavy (non-hydrogen) atoms. The summed E-state index contributed by atoms with van der Waals surface area (Å²) in [6.07, 6.45) is 5.53. The fourth-order valence-electron chi connectivity index (χ4n) is 3.74. The van der Waals surface area contributed by atoms with Gasteiger partial charge in [0.05, 0.1) is 20.8 Å². The van der Waals surface area contributed by atoms with Crippen LogP contribution in [0, 0.1) is 0 Å². The average Bonchev–Trinajstić information content (AvgIpc) is 2.61. The maximum atomic E-state index is 10.7. The number of benzene rings is 1. The number of ether oxygens (including phenoxy) is 2. The molecule has 1 aliphatic heterocycles. The molecule has 1 aromatic carbocycles. The molecule has 2 aliphatic rings. The Bertz CT molecular complexity index is 602. The van der Waals surface area contributed by atoms with E-state index in [1.54, 1.807) is 14.2 Å². The maximum absolute atomic E-state index is 10.7. The Morgan fingerprint density at radius 3 is 2.50 bits per heavy atom. The van der Waals surface area contributed by atoms with Crippen molar-refractivity contribution in [3.05, 3.63) is 23.3 Å². The Hall–Kier alpha value is -1.53. The number of β-amino-alcohol motifs (C(OH)–C–C–N with tert-alkyl or cyclic N) is 1. The first-order valence-electron chi connectivity index (χ1n) is 8.61. The van der Waals surface area contributed by atoms with Crippen molar-refractivity contribution in [2.24, 2.45) is 0 Å². The van der Waals surface area contributed by atoms with E-state index in [9.17, 15) is 5.11 Å². The normalized spacial score (nSPS) is 21.1. The number of aliphatic hydroxyl groups is 1. The third-order valence-electron chi connectivity index (χ3n) is 5.01. The van der Waals surface area contributed by atoms with Crippen molar-refractivity contribution in [2.45, 2.75) is 50.8 Å². The molecule has 0 spiro atoms. The molecule has 0 radical (unpaired) electrons. The van der Waals surface area contributed by atoms with Gasteiger partial charge in [0.1, 0.15) is 17.6 Å². The third kappa shape index (κ3) is 3.44. The second kappa shape index (κ2) is 7.57. The van der Waals surface area contributed by atoms with E-state index in [-0.39, 0.29) is 0 Å². The summed E-state index contributed by atoms with van der Waals surface area (Å²) in [5, 5.41) is 14.9. The Morgan fingerprint density at radius 1 is 1.17 bits per heavy atom. The van der Waals surface area contributed by atoms with Crippen LogP contribution in [0.15, 0.2) is 12.1 Å². The number of rotatable bonds is 3. The number of hydrogen-bond donors (Lipinski definition) is 2. The quantitative estimate of drug-likeness (QED) is 0.818. The van der Waals surface area contributed by atoms with Crippen LogP contribution >= 0.6 is 12.2 Å². The monoisotopic (exact) mass is 350 g/mol. The van der Waals surface area contributed by atoms with E-state index in [1.165, 1.54) is 32.1 Å². The van der Waals surface area contributed by atoms with E-state index in [4.69, 9.17) is 21.7 Å². The van der Waals surface area contributed by atoms with Crippen LogP contribution in [-0.4, -0.2) is 41.9 Å². The van der Waals surface area contributed by atoms with Crippen LogP contribution in [0.2, 0.25) is 0 Å². The van der Waals surface area contributed by atoms with Crippen LogP contribution < -0.4 is 14.8 Å². The third-order valence-corrected chi connectivity index (χ3v) is 5.39. The van der Waals surface area contributed by atoms with Gasteiger partial charge in [-0.25, -0.2) is 0 Å². The first-order chi connectivity index (χ1) is 11.6. The lowest BCUT2D eigenvalue weighted by Crippen LogP contribution is -2.48. The number of hydrogen-bond acceptors (Lipinski definition) is 4. The smallest absolute Gasteiger partial charge is 0.169 e. The second-order valence-corrected chi connectivity index (χ2v) is 6.93. The van der Waals surface area contributed by atoms with E-state index in [1.807, 2.05) is 17.0 Å². The van der Waals surface area contributed by atoms with Gasteiger partial charge in [0.2, 0.25) is 0 Å². The van der Waals surface area contributed by atoms with Crippen molar-refractivity contribution >= 4 is 17.3 Å². The SMILES string of the molecule is COc1ccc(OC)c2c1CN(C(=S)NC1CCCCC1)C[C@@H]2O. The predicted octanol–water partition coefficient (Wildman–Crippen LogP) is 2.76. The van der Waals surface area contributed by atoms with Crippen LogP contribution in [0.1, 0.15) is 49.3 Å². The van der Waals surface area contributed by atoms with Gasteiger partial charge >= 0.3 is 0 Å². The molecule has 5 nitrogen and oxygen atoms in total. The zero-order valence-electron chi connectivity index (χ0n) is 14.4. The average molecular weight is 350 g/mol. The molecule has 2 N–H and O–H groups in total. The molecular weight excluding hydrogens is 324 g/mol.